The van der Waals surface area contributed by atoms with Crippen LogP contribution >= 0.6 is 0 Å². The molecule has 398 valence electrons. The van der Waals surface area contributed by atoms with Gasteiger partial charge in [-0.3, -0.25) is 14.4 Å². The maximum atomic E-state index is 12.9. The van der Waals surface area contributed by atoms with Crippen LogP contribution in [0.3, 0.4) is 0 Å². The van der Waals surface area contributed by atoms with Crippen LogP contribution in [0.5, 0.6) is 0 Å². The summed E-state index contributed by atoms with van der Waals surface area (Å²) in [7, 11) is 0. The van der Waals surface area contributed by atoms with Gasteiger partial charge in [-0.05, 0) is 51.4 Å². The van der Waals surface area contributed by atoms with Crippen molar-refractivity contribution in [3.05, 3.63) is 36.5 Å². The second-order valence-electron chi connectivity index (χ2n) is 20.2. The first-order chi connectivity index (χ1) is 33.5. The molecule has 0 saturated carbocycles. The fraction of sp³-hybridized carbons (Fsp3) is 0.855. The molecular formula is C62H114O6. The van der Waals surface area contributed by atoms with E-state index in [0.29, 0.717) is 19.3 Å². The molecule has 0 heterocycles. The van der Waals surface area contributed by atoms with Gasteiger partial charge in [-0.1, -0.05) is 288 Å². The molecule has 0 aromatic carbocycles. The van der Waals surface area contributed by atoms with Crippen LogP contribution in [-0.2, 0) is 28.6 Å². The Kier molecular flexibility index (Phi) is 55.2. The molecule has 0 fully saturated rings. The summed E-state index contributed by atoms with van der Waals surface area (Å²) in [5.41, 5.74) is 0. The van der Waals surface area contributed by atoms with Gasteiger partial charge in [-0.15, -0.1) is 0 Å². The lowest BCUT2D eigenvalue weighted by Crippen LogP contribution is -2.30. The summed E-state index contributed by atoms with van der Waals surface area (Å²) in [5.74, 6) is -0.851. The van der Waals surface area contributed by atoms with E-state index in [9.17, 15) is 14.4 Å². The van der Waals surface area contributed by atoms with Crippen LogP contribution in [-0.4, -0.2) is 37.2 Å². The molecule has 0 aliphatic carbocycles. The van der Waals surface area contributed by atoms with Crippen LogP contribution < -0.4 is 0 Å². The monoisotopic (exact) mass is 955 g/mol. The highest BCUT2D eigenvalue weighted by Crippen LogP contribution is 2.17. The molecule has 0 spiro atoms. The van der Waals surface area contributed by atoms with Crippen LogP contribution in [0.15, 0.2) is 36.5 Å². The third-order valence-corrected chi connectivity index (χ3v) is 13.4. The van der Waals surface area contributed by atoms with Gasteiger partial charge in [0.05, 0.1) is 0 Å². The van der Waals surface area contributed by atoms with E-state index < -0.39 is 6.10 Å². The quantitative estimate of drug-likeness (QED) is 0.0262. The number of rotatable bonds is 55. The minimum Gasteiger partial charge on any atom is -0.462 e. The maximum Gasteiger partial charge on any atom is 0.306 e. The van der Waals surface area contributed by atoms with E-state index in [-0.39, 0.29) is 31.1 Å². The van der Waals surface area contributed by atoms with Crippen LogP contribution in [0.1, 0.15) is 323 Å². The molecule has 68 heavy (non-hydrogen) atoms. The standard InChI is InChI=1S/C62H114O6/c1-4-7-10-13-16-19-22-25-28-30-31-33-34-37-40-43-46-49-52-55-61(64)67-58-59(57-66-60(63)54-51-48-45-42-39-36-27-24-21-18-15-12-9-6-3)68-62(65)56-53-50-47-44-41-38-35-32-29-26-23-20-17-14-11-8-5-2/h7,10,16,19,25,28,59H,4-6,8-9,11-15,17-18,20-24,26-27,29-58H2,1-3H3/b10-7-,19-16-,28-25-. The van der Waals surface area contributed by atoms with Crippen molar-refractivity contribution in [2.75, 3.05) is 13.2 Å². The number of hydrogen-bond donors (Lipinski definition) is 0. The van der Waals surface area contributed by atoms with Gasteiger partial charge in [0.1, 0.15) is 13.2 Å². The van der Waals surface area contributed by atoms with E-state index in [1.165, 1.54) is 205 Å². The van der Waals surface area contributed by atoms with Crippen molar-refractivity contribution >= 4 is 17.9 Å². The summed E-state index contributed by atoms with van der Waals surface area (Å²) in [6, 6.07) is 0. The topological polar surface area (TPSA) is 78.9 Å². The lowest BCUT2D eigenvalue weighted by atomic mass is 10.0. The SMILES string of the molecule is CC/C=C\C/C=C\C/C=C\CCCCCCCCCCCC(=O)OCC(COC(=O)CCCCCCCCCCCCCCCC)OC(=O)CCCCCCCCCCCCCCCCCCC. The third-order valence-electron chi connectivity index (χ3n) is 13.4. The van der Waals surface area contributed by atoms with E-state index in [4.69, 9.17) is 14.2 Å². The Morgan fingerprint density at radius 1 is 0.309 bits per heavy atom. The number of allylic oxidation sites excluding steroid dienone is 6. The number of ether oxygens (including phenoxy) is 3. The van der Waals surface area contributed by atoms with Crippen LogP contribution in [0.2, 0.25) is 0 Å². The molecule has 0 aliphatic rings. The zero-order valence-electron chi connectivity index (χ0n) is 45.6. The molecule has 0 aliphatic heterocycles. The van der Waals surface area contributed by atoms with Gasteiger partial charge in [-0.25, -0.2) is 0 Å². The summed E-state index contributed by atoms with van der Waals surface area (Å²) in [4.78, 5) is 38.2. The van der Waals surface area contributed by atoms with E-state index in [0.717, 1.165) is 77.0 Å². The predicted molar refractivity (Wildman–Crippen MR) is 293 cm³/mol. The third kappa shape index (κ3) is 54.6. The number of carbonyl (C=O) groups excluding carboxylic acids is 3. The molecule has 0 amide bonds. The lowest BCUT2D eigenvalue weighted by Gasteiger charge is -2.18. The molecule has 6 heteroatoms. The van der Waals surface area contributed by atoms with Crippen molar-refractivity contribution in [2.24, 2.45) is 0 Å². The van der Waals surface area contributed by atoms with E-state index >= 15 is 0 Å². The largest absolute Gasteiger partial charge is 0.462 e. The summed E-state index contributed by atoms with van der Waals surface area (Å²) in [6.07, 6.45) is 68.5. The summed E-state index contributed by atoms with van der Waals surface area (Å²) >= 11 is 0. The Labute approximate surface area is 423 Å². The Morgan fingerprint density at radius 3 is 0.897 bits per heavy atom. The highest BCUT2D eigenvalue weighted by Gasteiger charge is 2.19. The van der Waals surface area contributed by atoms with Crippen molar-refractivity contribution < 1.29 is 28.6 Å². The first-order valence-corrected chi connectivity index (χ1v) is 30.0. The fourth-order valence-corrected chi connectivity index (χ4v) is 8.93. The average Bonchev–Trinajstić information content (AvgIpc) is 3.34. The molecule has 0 aromatic rings. The highest BCUT2D eigenvalue weighted by molar-refractivity contribution is 5.71. The van der Waals surface area contributed by atoms with Gasteiger partial charge >= 0.3 is 17.9 Å². The molecule has 0 radical (unpaired) electrons. The average molecular weight is 956 g/mol. The smallest absolute Gasteiger partial charge is 0.306 e. The minimum absolute atomic E-state index is 0.0682. The first kappa shape index (κ1) is 65.6. The predicted octanol–water partition coefficient (Wildman–Crippen LogP) is 20.0. The maximum absolute atomic E-state index is 12.9. The number of carbonyl (C=O) groups is 3. The van der Waals surface area contributed by atoms with Gasteiger partial charge in [-0.2, -0.15) is 0 Å². The number of unbranched alkanes of at least 4 members (excludes halogenated alkanes) is 38. The second kappa shape index (κ2) is 57.2. The van der Waals surface area contributed by atoms with Crippen LogP contribution in [0, 0.1) is 0 Å². The lowest BCUT2D eigenvalue weighted by molar-refractivity contribution is -0.167. The van der Waals surface area contributed by atoms with Crippen LogP contribution in [0.4, 0.5) is 0 Å². The summed E-state index contributed by atoms with van der Waals surface area (Å²) in [5, 5.41) is 0. The van der Waals surface area contributed by atoms with Gasteiger partial charge < -0.3 is 14.2 Å². The molecule has 0 saturated heterocycles. The summed E-state index contributed by atoms with van der Waals surface area (Å²) in [6.45, 7) is 6.58. The van der Waals surface area contributed by atoms with Gasteiger partial charge in [0.25, 0.3) is 0 Å². The van der Waals surface area contributed by atoms with Crippen molar-refractivity contribution in [1.82, 2.24) is 0 Å². The van der Waals surface area contributed by atoms with Gasteiger partial charge in [0.2, 0.25) is 0 Å². The van der Waals surface area contributed by atoms with Crippen molar-refractivity contribution in [2.45, 2.75) is 329 Å². The Balaban J connectivity index is 4.32. The molecule has 0 N–H and O–H groups in total. The number of esters is 3. The van der Waals surface area contributed by atoms with Gasteiger partial charge in [0.15, 0.2) is 6.10 Å². The molecule has 6 nitrogen and oxygen atoms in total. The van der Waals surface area contributed by atoms with Crippen molar-refractivity contribution in [1.29, 1.82) is 0 Å². The molecule has 1 atom stereocenters. The molecular weight excluding hydrogens is 841 g/mol. The molecule has 1 unspecified atom stereocenters. The van der Waals surface area contributed by atoms with Crippen molar-refractivity contribution in [3.8, 4) is 0 Å². The highest BCUT2D eigenvalue weighted by atomic mass is 16.6. The minimum atomic E-state index is -0.770. The van der Waals surface area contributed by atoms with Gasteiger partial charge in [0, 0.05) is 19.3 Å². The molecule has 0 aromatic heterocycles. The second-order valence-corrected chi connectivity index (χ2v) is 20.2. The molecule has 0 rings (SSSR count). The summed E-state index contributed by atoms with van der Waals surface area (Å²) < 4.78 is 16.9. The van der Waals surface area contributed by atoms with E-state index in [1.807, 2.05) is 0 Å². The van der Waals surface area contributed by atoms with E-state index in [2.05, 4.69) is 57.2 Å². The molecule has 0 bridgehead atoms. The normalized spacial score (nSPS) is 12.2. The Hall–Kier alpha value is -2.37. The van der Waals surface area contributed by atoms with E-state index in [1.54, 1.807) is 0 Å². The number of hydrogen-bond acceptors (Lipinski definition) is 6. The Bertz CT molecular complexity index is 1140. The first-order valence-electron chi connectivity index (χ1n) is 30.0. The Morgan fingerprint density at radius 2 is 0.574 bits per heavy atom. The van der Waals surface area contributed by atoms with Crippen LogP contribution in [0.25, 0.3) is 0 Å². The zero-order valence-corrected chi connectivity index (χ0v) is 45.6. The fourth-order valence-electron chi connectivity index (χ4n) is 8.93. The van der Waals surface area contributed by atoms with Crippen molar-refractivity contribution in [3.63, 3.8) is 0 Å². The zero-order chi connectivity index (χ0) is 49.3.